The van der Waals surface area contributed by atoms with Crippen LogP contribution in [0.4, 0.5) is 34.1 Å². The van der Waals surface area contributed by atoms with Gasteiger partial charge in [0.15, 0.2) is 19.7 Å². The molecule has 0 aliphatic rings. The summed E-state index contributed by atoms with van der Waals surface area (Å²) in [7, 11) is -8.02. The van der Waals surface area contributed by atoms with Gasteiger partial charge in [-0.2, -0.15) is 20.4 Å². The van der Waals surface area contributed by atoms with Gasteiger partial charge < -0.3 is 20.4 Å². The van der Waals surface area contributed by atoms with Gasteiger partial charge in [0.25, 0.3) is 11.4 Å². The summed E-state index contributed by atoms with van der Waals surface area (Å²) in [5.41, 5.74) is -1.43. The fourth-order valence-electron chi connectivity index (χ4n) is 5.03. The van der Waals surface area contributed by atoms with E-state index >= 15 is 0 Å². The minimum atomic E-state index is -4.01. The van der Waals surface area contributed by atoms with E-state index in [-0.39, 0.29) is 69.7 Å². The van der Waals surface area contributed by atoms with Crippen molar-refractivity contribution in [1.29, 1.82) is 0 Å². The van der Waals surface area contributed by atoms with Gasteiger partial charge in [-0.15, -0.1) is 10.2 Å². The Kier molecular flexibility index (Phi) is 15.6. The second-order valence-corrected chi connectivity index (χ2v) is 16.0. The van der Waals surface area contributed by atoms with Crippen LogP contribution in [0.15, 0.2) is 115 Å². The van der Waals surface area contributed by atoms with Gasteiger partial charge in [0.1, 0.15) is 21.2 Å². The molecule has 0 saturated carbocycles. The summed E-state index contributed by atoms with van der Waals surface area (Å²) in [5, 5.41) is 94.3. The molecule has 303 valence electrons. The Morgan fingerprint density at radius 2 is 0.883 bits per heavy atom. The number of hydrogen-bond acceptors (Lipinski definition) is 18. The number of azo groups is 2. The number of rotatable bonds is 10. The third-order valence-corrected chi connectivity index (χ3v) is 10.0. The van der Waals surface area contributed by atoms with Crippen molar-refractivity contribution < 1.29 is 94.0 Å². The Hall–Kier alpha value is -6.07. The maximum Gasteiger partial charge on any atom is 3.00 e. The van der Waals surface area contributed by atoms with E-state index in [1.54, 1.807) is 60.7 Å². The van der Waals surface area contributed by atoms with Crippen LogP contribution < -0.4 is 50.0 Å². The van der Waals surface area contributed by atoms with Crippen molar-refractivity contribution in [2.24, 2.45) is 20.5 Å². The van der Waals surface area contributed by atoms with Gasteiger partial charge in [0.2, 0.25) is 0 Å². The first kappa shape index (κ1) is 48.3. The Morgan fingerprint density at radius 1 is 0.567 bits per heavy atom. The molecule has 60 heavy (non-hydrogen) atoms. The Labute approximate surface area is 372 Å². The van der Waals surface area contributed by atoms with Crippen molar-refractivity contribution in [1.82, 2.24) is 19.6 Å². The van der Waals surface area contributed by atoms with Crippen LogP contribution in [0.25, 0.3) is 11.4 Å². The zero-order valence-electron chi connectivity index (χ0n) is 31.7. The van der Waals surface area contributed by atoms with Gasteiger partial charge in [0, 0.05) is 36.4 Å². The van der Waals surface area contributed by atoms with Gasteiger partial charge in [-0.3, -0.25) is 20.2 Å². The monoisotopic (exact) mass is 905 g/mol. The molecule has 2 aromatic heterocycles. The first-order valence-corrected chi connectivity index (χ1v) is 19.8. The molecule has 6 aromatic rings. The number of aryl methyl sites for hydroxylation is 2. The zero-order valence-corrected chi connectivity index (χ0v) is 36.6. The summed E-state index contributed by atoms with van der Waals surface area (Å²) >= 11 is 0. The predicted molar refractivity (Wildman–Crippen MR) is 195 cm³/mol. The molecular weight excluding hydrogens is 880 g/mol. The summed E-state index contributed by atoms with van der Waals surface area (Å²) in [6, 6.07) is 19.7. The largest absolute Gasteiger partial charge is 3.00 e. The number of nitro groups is 2. The Morgan fingerprint density at radius 3 is 1.17 bits per heavy atom. The third-order valence-electron chi connectivity index (χ3n) is 7.77. The van der Waals surface area contributed by atoms with Crippen molar-refractivity contribution >= 4 is 53.8 Å². The molecule has 0 spiro atoms. The number of sulfone groups is 2. The zero-order chi connectivity index (χ0) is 42.7. The number of nitrogens with zero attached hydrogens (tertiary/aromatic N) is 10. The predicted octanol–water partition coefficient (Wildman–Crippen LogP) is 1.11. The standard InChI is InChI=1S/2C17H15N5O6S.Cr.Na/c2*1-10-16(17(24)21(20-10)11-6-4-3-5-7-11)19-18-12-8-15(29(2,27)28)13(22(25)26)9-14(12)23;;/h2*3-9,23-24H,1-2H3;;/q;;+3;+1/p-4. The van der Waals surface area contributed by atoms with Crippen molar-refractivity contribution in [3.63, 3.8) is 0 Å². The van der Waals surface area contributed by atoms with E-state index in [1.807, 2.05) is 0 Å². The molecule has 6 rings (SSSR count). The first-order valence-electron chi connectivity index (χ1n) is 16.1. The van der Waals surface area contributed by atoms with Crippen molar-refractivity contribution in [3.8, 4) is 34.6 Å². The van der Waals surface area contributed by atoms with Gasteiger partial charge in [-0.1, -0.05) is 47.9 Å². The topological polar surface area (TPSA) is 332 Å². The Bertz CT molecular complexity index is 2680. The maximum absolute atomic E-state index is 12.5. The second kappa shape index (κ2) is 19.3. The number of nitro benzene ring substituents is 2. The molecule has 2 heterocycles. The SMILES string of the molecule is Cc1nn(-c2ccccc2)c([O-])c1N=Nc1cc(S(C)(=O)=O)c([N+](=O)[O-])cc1[O-].Cc1nn(-c2ccccc2)c([O-])c1N=Nc1cc(S(C)(=O)=O)c([N+](=O)[O-])cc1[O-].[Cr+3].[Na+]. The summed E-state index contributed by atoms with van der Waals surface area (Å²) in [4.78, 5) is 18.8. The maximum atomic E-state index is 12.5. The van der Waals surface area contributed by atoms with E-state index in [2.05, 4.69) is 30.7 Å². The second-order valence-electron chi connectivity index (χ2n) is 12.0. The Balaban J connectivity index is 0.000000310. The fraction of sp³-hybridized carbons (Fsp3) is 0.118. The molecule has 1 radical (unpaired) electrons. The van der Waals surface area contributed by atoms with Crippen LogP contribution >= 0.6 is 0 Å². The van der Waals surface area contributed by atoms with E-state index in [9.17, 15) is 57.5 Å². The van der Waals surface area contributed by atoms with E-state index in [4.69, 9.17) is 0 Å². The van der Waals surface area contributed by atoms with Gasteiger partial charge in [0.05, 0.1) is 44.0 Å². The summed E-state index contributed by atoms with van der Waals surface area (Å²) < 4.78 is 49.5. The minimum absolute atomic E-state index is 0. The van der Waals surface area contributed by atoms with Crippen molar-refractivity contribution in [3.05, 3.63) is 117 Å². The molecule has 0 aliphatic carbocycles. The average molecular weight is 906 g/mol. The molecule has 0 unspecified atom stereocenters. The molecule has 26 heteroatoms. The molecule has 0 aliphatic heterocycles. The molecule has 4 aromatic carbocycles. The number of aromatic nitrogens is 4. The molecule has 0 atom stereocenters. The number of para-hydroxylation sites is 2. The van der Waals surface area contributed by atoms with E-state index in [0.29, 0.717) is 23.5 Å². The molecule has 0 bridgehead atoms. The van der Waals surface area contributed by atoms with Crippen molar-refractivity contribution in [2.45, 2.75) is 23.6 Å². The first-order chi connectivity index (χ1) is 27.2. The van der Waals surface area contributed by atoms with Crippen LogP contribution in [0.3, 0.4) is 0 Å². The third kappa shape index (κ3) is 10.8. The number of benzene rings is 4. The molecule has 0 N–H and O–H groups in total. The van der Waals surface area contributed by atoms with E-state index in [1.165, 1.54) is 13.8 Å². The molecule has 22 nitrogen and oxygen atoms in total. The van der Waals surface area contributed by atoms with Gasteiger partial charge in [-0.25, -0.2) is 26.2 Å². The summed E-state index contributed by atoms with van der Waals surface area (Å²) in [5.74, 6) is -2.99. The summed E-state index contributed by atoms with van der Waals surface area (Å²) in [6.45, 7) is 3.04. The van der Waals surface area contributed by atoms with Crippen LogP contribution in [0.2, 0.25) is 0 Å². The molecule has 0 amide bonds. The van der Waals surface area contributed by atoms with Crippen molar-refractivity contribution in [2.75, 3.05) is 12.5 Å². The smallest absolute Gasteiger partial charge is 0.871 e. The van der Waals surface area contributed by atoms with Crippen LogP contribution in [0.1, 0.15) is 11.4 Å². The van der Waals surface area contributed by atoms with E-state index in [0.717, 1.165) is 34.0 Å². The normalized spacial score (nSPS) is 11.4. The molecule has 0 fully saturated rings. The van der Waals surface area contributed by atoms with Gasteiger partial charge in [-0.05, 0) is 50.2 Å². The number of hydrogen-bond donors (Lipinski definition) is 0. The van der Waals surface area contributed by atoms with Crippen LogP contribution in [0.5, 0.6) is 23.3 Å². The quantitative estimate of drug-likeness (QED) is 0.0805. The van der Waals surface area contributed by atoms with Crippen LogP contribution in [-0.2, 0) is 37.0 Å². The average Bonchev–Trinajstić information content (AvgIpc) is 3.61. The fourth-order valence-corrected chi connectivity index (χ4v) is 6.71. The summed E-state index contributed by atoms with van der Waals surface area (Å²) in [6.07, 6.45) is 1.54. The molecular formula is C34H26CrN10NaO12S2. The molecule has 0 saturated heterocycles. The van der Waals surface area contributed by atoms with E-state index < -0.39 is 85.3 Å². The minimum Gasteiger partial charge on any atom is -0.871 e. The van der Waals surface area contributed by atoms with Gasteiger partial charge >= 0.3 is 46.9 Å². The van der Waals surface area contributed by atoms with Crippen LogP contribution in [0, 0.1) is 34.1 Å². The van der Waals surface area contributed by atoms with Crippen LogP contribution in [-0.4, -0.2) is 58.8 Å².